The van der Waals surface area contributed by atoms with Crippen LogP contribution in [0.15, 0.2) is 94.6 Å². The molecule has 1 aromatic heterocycles. The maximum atomic E-state index is 13.0. The molecule has 4 aromatic rings. The fraction of sp³-hybridized carbons (Fsp3) is 0.192. The summed E-state index contributed by atoms with van der Waals surface area (Å²) < 4.78 is 35.9. The van der Waals surface area contributed by atoms with Gasteiger partial charge in [-0.3, -0.25) is 9.71 Å². The number of anilines is 2. The Morgan fingerprint density at radius 2 is 1.65 bits per heavy atom. The van der Waals surface area contributed by atoms with Gasteiger partial charge in [-0.05, 0) is 59.3 Å². The lowest BCUT2D eigenvalue weighted by atomic mass is 10.1. The standard InChI is InChI=1S/C26H24BrN3O3S/c27-21-6-4-20-17-26(7-5-19(20)16-21)34(31,32)29-22-2-1-3-25(18-22)33-24-10-14-30(15-11-24)23-8-12-28-13-9-23/h1-9,12-13,16-18,24,29H,10-11,14-15H2. The topological polar surface area (TPSA) is 71.5 Å². The van der Waals surface area contributed by atoms with Gasteiger partial charge in [0.05, 0.1) is 10.6 Å². The molecule has 0 saturated carbocycles. The third-order valence-electron chi connectivity index (χ3n) is 5.94. The number of hydrogen-bond acceptors (Lipinski definition) is 5. The molecule has 1 aliphatic rings. The Balaban J connectivity index is 1.25. The van der Waals surface area contributed by atoms with Crippen molar-refractivity contribution in [2.45, 2.75) is 23.8 Å². The summed E-state index contributed by atoms with van der Waals surface area (Å²) >= 11 is 3.44. The van der Waals surface area contributed by atoms with Gasteiger partial charge in [-0.25, -0.2) is 8.42 Å². The van der Waals surface area contributed by atoms with Gasteiger partial charge in [0.25, 0.3) is 10.0 Å². The number of nitrogens with zero attached hydrogens (tertiary/aromatic N) is 2. The Kier molecular flexibility index (Phi) is 6.43. The average Bonchev–Trinajstić information content (AvgIpc) is 2.84. The molecule has 34 heavy (non-hydrogen) atoms. The van der Waals surface area contributed by atoms with Crippen LogP contribution in [-0.4, -0.2) is 32.6 Å². The molecular weight excluding hydrogens is 514 g/mol. The average molecular weight is 538 g/mol. The Hall–Kier alpha value is -3.10. The van der Waals surface area contributed by atoms with Gasteiger partial charge in [-0.15, -0.1) is 0 Å². The molecule has 1 N–H and O–H groups in total. The van der Waals surface area contributed by atoms with Crippen molar-refractivity contribution in [2.24, 2.45) is 0 Å². The van der Waals surface area contributed by atoms with Crippen molar-refractivity contribution in [1.82, 2.24) is 4.98 Å². The summed E-state index contributed by atoms with van der Waals surface area (Å²) in [5.74, 6) is 0.658. The number of piperidine rings is 1. The zero-order valence-electron chi connectivity index (χ0n) is 18.4. The van der Waals surface area contributed by atoms with Crippen molar-refractivity contribution >= 4 is 48.1 Å². The minimum absolute atomic E-state index is 0.0877. The summed E-state index contributed by atoms with van der Waals surface area (Å²) in [7, 11) is -3.73. The zero-order valence-corrected chi connectivity index (χ0v) is 20.8. The van der Waals surface area contributed by atoms with Crippen molar-refractivity contribution in [3.63, 3.8) is 0 Å². The highest BCUT2D eigenvalue weighted by Crippen LogP contribution is 2.27. The molecule has 3 aromatic carbocycles. The van der Waals surface area contributed by atoms with Crippen LogP contribution in [0.25, 0.3) is 10.8 Å². The van der Waals surface area contributed by atoms with E-state index in [-0.39, 0.29) is 11.0 Å². The fourth-order valence-electron chi connectivity index (χ4n) is 4.19. The molecular formula is C26H24BrN3O3S. The predicted octanol–water partition coefficient (Wildman–Crippen LogP) is 5.85. The maximum Gasteiger partial charge on any atom is 0.261 e. The molecule has 5 rings (SSSR count). The van der Waals surface area contributed by atoms with Gasteiger partial charge < -0.3 is 9.64 Å². The molecule has 8 heteroatoms. The number of pyridine rings is 1. The number of benzene rings is 3. The highest BCUT2D eigenvalue weighted by molar-refractivity contribution is 9.10. The third kappa shape index (κ3) is 5.18. The highest BCUT2D eigenvalue weighted by Gasteiger charge is 2.21. The fourth-order valence-corrected chi connectivity index (χ4v) is 5.65. The Morgan fingerprint density at radius 1 is 0.912 bits per heavy atom. The molecule has 1 fully saturated rings. The number of halogens is 1. The predicted molar refractivity (Wildman–Crippen MR) is 139 cm³/mol. The molecule has 0 aliphatic carbocycles. The molecule has 0 radical (unpaired) electrons. The van der Waals surface area contributed by atoms with Crippen LogP contribution in [-0.2, 0) is 10.0 Å². The molecule has 6 nitrogen and oxygen atoms in total. The van der Waals surface area contributed by atoms with Gasteiger partial charge in [0.2, 0.25) is 0 Å². The largest absolute Gasteiger partial charge is 0.490 e. The first kappa shape index (κ1) is 22.7. The van der Waals surface area contributed by atoms with Gasteiger partial charge in [-0.1, -0.05) is 34.1 Å². The molecule has 1 saturated heterocycles. The Morgan fingerprint density at radius 3 is 2.44 bits per heavy atom. The summed E-state index contributed by atoms with van der Waals surface area (Å²) in [6.45, 7) is 1.80. The Labute approximate surface area is 207 Å². The van der Waals surface area contributed by atoms with E-state index < -0.39 is 10.0 Å². The summed E-state index contributed by atoms with van der Waals surface area (Å²) in [5, 5.41) is 1.83. The van der Waals surface area contributed by atoms with E-state index in [1.54, 1.807) is 42.7 Å². The van der Waals surface area contributed by atoms with Crippen LogP contribution in [0.3, 0.4) is 0 Å². The monoisotopic (exact) mass is 537 g/mol. The van der Waals surface area contributed by atoms with E-state index in [1.807, 2.05) is 42.5 Å². The number of aromatic nitrogens is 1. The van der Waals surface area contributed by atoms with E-state index in [0.717, 1.165) is 41.2 Å². The van der Waals surface area contributed by atoms with Gasteiger partial charge in [0, 0.05) is 54.6 Å². The van der Waals surface area contributed by atoms with Crippen LogP contribution in [0.5, 0.6) is 5.75 Å². The van der Waals surface area contributed by atoms with Crippen molar-refractivity contribution in [1.29, 1.82) is 0 Å². The molecule has 2 heterocycles. The van der Waals surface area contributed by atoms with Crippen LogP contribution in [0, 0.1) is 0 Å². The molecule has 0 bridgehead atoms. The number of rotatable bonds is 6. The SMILES string of the molecule is O=S(=O)(Nc1cccc(OC2CCN(c3ccncc3)CC2)c1)c1ccc2cc(Br)ccc2c1. The van der Waals surface area contributed by atoms with Gasteiger partial charge >= 0.3 is 0 Å². The Bertz CT molecular complexity index is 1410. The summed E-state index contributed by atoms with van der Waals surface area (Å²) in [4.78, 5) is 6.63. The highest BCUT2D eigenvalue weighted by atomic mass is 79.9. The summed E-state index contributed by atoms with van der Waals surface area (Å²) in [5.41, 5.74) is 1.65. The van der Waals surface area contributed by atoms with Gasteiger partial charge in [0.1, 0.15) is 11.9 Å². The molecule has 174 valence electrons. The quantitative estimate of drug-likeness (QED) is 0.334. The minimum Gasteiger partial charge on any atom is -0.490 e. The first-order valence-electron chi connectivity index (χ1n) is 11.1. The van der Waals surface area contributed by atoms with Gasteiger partial charge in [-0.2, -0.15) is 0 Å². The van der Waals surface area contributed by atoms with Crippen molar-refractivity contribution < 1.29 is 13.2 Å². The maximum absolute atomic E-state index is 13.0. The third-order valence-corrected chi connectivity index (χ3v) is 7.82. The van der Waals surface area contributed by atoms with Crippen molar-refractivity contribution in [3.8, 4) is 5.75 Å². The second-order valence-corrected chi connectivity index (χ2v) is 10.9. The number of ether oxygens (including phenoxy) is 1. The lowest BCUT2D eigenvalue weighted by Crippen LogP contribution is -2.38. The second kappa shape index (κ2) is 9.64. The van der Waals surface area contributed by atoms with E-state index in [2.05, 4.69) is 30.5 Å². The van der Waals surface area contributed by atoms with Crippen LogP contribution < -0.4 is 14.4 Å². The summed E-state index contributed by atoms with van der Waals surface area (Å²) in [6, 6.07) is 22.0. The number of sulfonamides is 1. The smallest absolute Gasteiger partial charge is 0.261 e. The number of nitrogens with one attached hydrogen (secondary N) is 1. The van der Waals surface area contributed by atoms with Crippen LogP contribution >= 0.6 is 15.9 Å². The summed E-state index contributed by atoms with van der Waals surface area (Å²) in [6.07, 6.45) is 5.49. The molecule has 1 aliphatic heterocycles. The molecule has 0 spiro atoms. The van der Waals surface area contributed by atoms with Crippen LogP contribution in [0.2, 0.25) is 0 Å². The van der Waals surface area contributed by atoms with E-state index in [0.29, 0.717) is 11.4 Å². The normalized spacial score (nSPS) is 14.8. The lowest BCUT2D eigenvalue weighted by molar-refractivity contribution is 0.171. The van der Waals surface area contributed by atoms with Crippen LogP contribution in [0.1, 0.15) is 12.8 Å². The van der Waals surface area contributed by atoms with E-state index in [4.69, 9.17) is 4.74 Å². The zero-order chi connectivity index (χ0) is 23.5. The number of fused-ring (bicyclic) bond motifs is 1. The van der Waals surface area contributed by atoms with Crippen LogP contribution in [0.4, 0.5) is 11.4 Å². The first-order chi connectivity index (χ1) is 16.5. The van der Waals surface area contributed by atoms with Crippen molar-refractivity contribution in [3.05, 3.63) is 89.7 Å². The van der Waals surface area contributed by atoms with Gasteiger partial charge in [0.15, 0.2) is 0 Å². The number of hydrogen-bond donors (Lipinski definition) is 1. The second-order valence-electron chi connectivity index (χ2n) is 8.30. The molecule has 0 amide bonds. The van der Waals surface area contributed by atoms with E-state index in [9.17, 15) is 8.42 Å². The van der Waals surface area contributed by atoms with E-state index in [1.165, 1.54) is 5.69 Å². The van der Waals surface area contributed by atoms with Crippen molar-refractivity contribution in [2.75, 3.05) is 22.7 Å². The minimum atomic E-state index is -3.73. The molecule has 0 unspecified atom stereocenters. The van der Waals surface area contributed by atoms with E-state index >= 15 is 0 Å². The lowest BCUT2D eigenvalue weighted by Gasteiger charge is -2.33. The first-order valence-corrected chi connectivity index (χ1v) is 13.4. The molecule has 0 atom stereocenters.